The molecule has 0 spiro atoms. The van der Waals surface area contributed by atoms with Crippen LogP contribution in [-0.4, -0.2) is 10.2 Å². The lowest BCUT2D eigenvalue weighted by Gasteiger charge is -1.97. The average molecular weight is 284 g/mol. The van der Waals surface area contributed by atoms with Gasteiger partial charge in [0.25, 0.3) is 0 Å². The second-order valence-electron chi connectivity index (χ2n) is 3.13. The fourth-order valence-electron chi connectivity index (χ4n) is 0.984. The fraction of sp³-hybridized carbons (Fsp3) is 0. The van der Waals surface area contributed by atoms with Gasteiger partial charge in [-0.05, 0) is 24.3 Å². The first kappa shape index (κ1) is 14.2. The molecule has 17 heavy (non-hydrogen) atoms. The van der Waals surface area contributed by atoms with Crippen LogP contribution in [0.25, 0.3) is 0 Å². The summed E-state index contributed by atoms with van der Waals surface area (Å²) in [5, 5.41) is 17.8. The Morgan fingerprint density at radius 1 is 0.647 bits per heavy atom. The number of phenols is 2. The Labute approximate surface area is 117 Å². The van der Waals surface area contributed by atoms with Crippen molar-refractivity contribution in [3.8, 4) is 11.5 Å². The van der Waals surface area contributed by atoms with E-state index < -0.39 is 0 Å². The van der Waals surface area contributed by atoms with Crippen LogP contribution in [0, 0.1) is 0 Å². The molecule has 0 fully saturated rings. The molecule has 2 nitrogen and oxygen atoms in total. The van der Waals surface area contributed by atoms with E-state index in [-0.39, 0.29) is 11.5 Å². The molecule has 0 unspecified atom stereocenters. The number of thiol groups is 3. The SMILES string of the molecule is Oc1cccc(S)c1S.Oc1ccccc1S. The number of hydrogen-bond donors (Lipinski definition) is 5. The molecular formula is C12H12O2S3. The van der Waals surface area contributed by atoms with E-state index in [2.05, 4.69) is 37.9 Å². The third-order valence-electron chi connectivity index (χ3n) is 1.88. The van der Waals surface area contributed by atoms with Crippen LogP contribution in [0.4, 0.5) is 0 Å². The molecule has 0 saturated heterocycles. The third-order valence-corrected chi connectivity index (χ3v) is 3.27. The number of phenolic OH excluding ortho intramolecular Hbond substituents is 2. The summed E-state index contributed by atoms with van der Waals surface area (Å²) in [4.78, 5) is 1.84. The second kappa shape index (κ2) is 6.74. The van der Waals surface area contributed by atoms with Crippen molar-refractivity contribution in [2.45, 2.75) is 14.7 Å². The molecule has 5 heteroatoms. The minimum atomic E-state index is 0.172. The van der Waals surface area contributed by atoms with Crippen LogP contribution in [0.15, 0.2) is 57.2 Å². The molecule has 2 rings (SSSR count). The quantitative estimate of drug-likeness (QED) is 0.479. The van der Waals surface area contributed by atoms with Crippen LogP contribution in [0.2, 0.25) is 0 Å². The van der Waals surface area contributed by atoms with E-state index >= 15 is 0 Å². The van der Waals surface area contributed by atoms with Crippen molar-refractivity contribution in [2.75, 3.05) is 0 Å². The van der Waals surface area contributed by atoms with Gasteiger partial charge in [0.15, 0.2) is 0 Å². The Bertz CT molecular complexity index is 460. The lowest BCUT2D eigenvalue weighted by molar-refractivity contribution is 0.459. The van der Waals surface area contributed by atoms with Crippen LogP contribution in [-0.2, 0) is 0 Å². The summed E-state index contributed by atoms with van der Waals surface area (Å²) in [6.07, 6.45) is 0. The molecule has 90 valence electrons. The summed E-state index contributed by atoms with van der Waals surface area (Å²) in [7, 11) is 0. The Balaban J connectivity index is 0.000000171. The minimum Gasteiger partial charge on any atom is -0.507 e. The maximum Gasteiger partial charge on any atom is 0.130 e. The summed E-state index contributed by atoms with van der Waals surface area (Å²) in [5.74, 6) is 0.404. The molecular weight excluding hydrogens is 272 g/mol. The van der Waals surface area contributed by atoms with Crippen molar-refractivity contribution < 1.29 is 10.2 Å². The Morgan fingerprint density at radius 2 is 1.18 bits per heavy atom. The van der Waals surface area contributed by atoms with E-state index in [1.54, 1.807) is 36.4 Å². The molecule has 0 heterocycles. The van der Waals surface area contributed by atoms with Crippen molar-refractivity contribution in [1.29, 1.82) is 0 Å². The first-order valence-electron chi connectivity index (χ1n) is 4.69. The molecule has 0 saturated carbocycles. The van der Waals surface area contributed by atoms with Crippen molar-refractivity contribution in [3.05, 3.63) is 42.5 Å². The monoisotopic (exact) mass is 284 g/mol. The van der Waals surface area contributed by atoms with Gasteiger partial charge in [-0.3, -0.25) is 0 Å². The topological polar surface area (TPSA) is 40.5 Å². The van der Waals surface area contributed by atoms with Gasteiger partial charge >= 0.3 is 0 Å². The fourth-order valence-corrected chi connectivity index (χ4v) is 1.49. The number of hydrogen-bond acceptors (Lipinski definition) is 5. The van der Waals surface area contributed by atoms with Crippen LogP contribution in [0.1, 0.15) is 0 Å². The predicted octanol–water partition coefficient (Wildman–Crippen LogP) is 3.65. The number of rotatable bonds is 0. The van der Waals surface area contributed by atoms with Gasteiger partial charge in [0, 0.05) is 9.79 Å². The molecule has 0 aliphatic carbocycles. The standard InChI is InChI=1S/C6H6OS2.C6H6OS/c7-4-2-1-3-5(8)6(4)9;7-5-3-1-2-4-6(5)8/h1-3,7-9H;1-4,7-8H. The summed E-state index contributed by atoms with van der Waals surface area (Å²) in [5.41, 5.74) is 0. The highest BCUT2D eigenvalue weighted by atomic mass is 32.1. The maximum atomic E-state index is 8.97. The Hall–Kier alpha value is -0.910. The van der Waals surface area contributed by atoms with Gasteiger partial charge in [-0.15, -0.1) is 37.9 Å². The molecule has 0 atom stereocenters. The maximum absolute atomic E-state index is 8.97. The van der Waals surface area contributed by atoms with Gasteiger partial charge in [0.1, 0.15) is 11.5 Å². The van der Waals surface area contributed by atoms with Crippen molar-refractivity contribution in [1.82, 2.24) is 0 Å². The van der Waals surface area contributed by atoms with Gasteiger partial charge in [0.05, 0.1) is 4.90 Å². The van der Waals surface area contributed by atoms with Crippen LogP contribution < -0.4 is 0 Å². The lowest BCUT2D eigenvalue weighted by Crippen LogP contribution is -1.70. The molecule has 0 bridgehead atoms. The van der Waals surface area contributed by atoms with E-state index in [0.29, 0.717) is 14.7 Å². The highest BCUT2D eigenvalue weighted by Gasteiger charge is 1.96. The van der Waals surface area contributed by atoms with Crippen molar-refractivity contribution >= 4 is 37.9 Å². The van der Waals surface area contributed by atoms with Gasteiger partial charge in [-0.1, -0.05) is 18.2 Å². The molecule has 0 aliphatic heterocycles. The molecule has 2 N–H and O–H groups in total. The van der Waals surface area contributed by atoms with E-state index in [9.17, 15) is 0 Å². The minimum absolute atomic E-state index is 0.172. The zero-order valence-electron chi connectivity index (χ0n) is 8.78. The molecule has 0 amide bonds. The summed E-state index contributed by atoms with van der Waals surface area (Å²) < 4.78 is 0. The van der Waals surface area contributed by atoms with E-state index in [1.165, 1.54) is 0 Å². The smallest absolute Gasteiger partial charge is 0.130 e. The molecule has 0 aromatic heterocycles. The Kier molecular flexibility index (Phi) is 5.61. The normalized spacial score (nSPS) is 9.35. The van der Waals surface area contributed by atoms with Crippen LogP contribution in [0.5, 0.6) is 11.5 Å². The van der Waals surface area contributed by atoms with Crippen LogP contribution >= 0.6 is 37.9 Å². The summed E-state index contributed by atoms with van der Waals surface area (Å²) in [6.45, 7) is 0. The van der Waals surface area contributed by atoms with Gasteiger partial charge in [-0.2, -0.15) is 0 Å². The average Bonchev–Trinajstić information content (AvgIpc) is 2.31. The van der Waals surface area contributed by atoms with E-state index in [0.717, 1.165) is 0 Å². The van der Waals surface area contributed by atoms with Crippen LogP contribution in [0.3, 0.4) is 0 Å². The largest absolute Gasteiger partial charge is 0.507 e. The lowest BCUT2D eigenvalue weighted by atomic mass is 10.3. The highest BCUT2D eigenvalue weighted by Crippen LogP contribution is 2.26. The first-order valence-corrected chi connectivity index (χ1v) is 6.03. The zero-order chi connectivity index (χ0) is 12.8. The second-order valence-corrected chi connectivity index (χ2v) is 4.54. The third kappa shape index (κ3) is 4.46. The van der Waals surface area contributed by atoms with Gasteiger partial charge in [0.2, 0.25) is 0 Å². The molecule has 2 aromatic rings. The Morgan fingerprint density at radius 3 is 1.59 bits per heavy atom. The van der Waals surface area contributed by atoms with Crippen molar-refractivity contribution in [3.63, 3.8) is 0 Å². The van der Waals surface area contributed by atoms with E-state index in [4.69, 9.17) is 10.2 Å². The van der Waals surface area contributed by atoms with Crippen molar-refractivity contribution in [2.24, 2.45) is 0 Å². The zero-order valence-corrected chi connectivity index (χ0v) is 11.5. The predicted molar refractivity (Wildman–Crippen MR) is 78.0 cm³/mol. The first-order chi connectivity index (χ1) is 8.02. The van der Waals surface area contributed by atoms with Gasteiger partial charge < -0.3 is 10.2 Å². The number of para-hydroxylation sites is 1. The summed E-state index contributed by atoms with van der Waals surface area (Å²) >= 11 is 12.0. The number of aromatic hydroxyl groups is 2. The van der Waals surface area contributed by atoms with E-state index in [1.807, 2.05) is 6.07 Å². The molecule has 2 aromatic carbocycles. The highest BCUT2D eigenvalue weighted by molar-refractivity contribution is 7.83. The molecule has 0 radical (unpaired) electrons. The number of benzene rings is 2. The molecule has 0 aliphatic rings. The summed E-state index contributed by atoms with van der Waals surface area (Å²) in [6, 6.07) is 12.0. The van der Waals surface area contributed by atoms with Gasteiger partial charge in [-0.25, -0.2) is 0 Å².